The number of hydrogen-bond acceptors (Lipinski definition) is 6. The summed E-state index contributed by atoms with van der Waals surface area (Å²) in [6.07, 6.45) is 1.15. The quantitative estimate of drug-likeness (QED) is 0.518. The maximum Gasteiger partial charge on any atom is 0.258 e. The van der Waals surface area contributed by atoms with Crippen LogP contribution in [0.3, 0.4) is 0 Å². The fraction of sp³-hybridized carbons (Fsp3) is 0.318. The van der Waals surface area contributed by atoms with Crippen LogP contribution in [-0.4, -0.2) is 39.3 Å². The molecule has 0 fully saturated rings. The molecule has 30 heavy (non-hydrogen) atoms. The molecule has 0 bridgehead atoms. The predicted octanol–water partition coefficient (Wildman–Crippen LogP) is 3.54. The number of ether oxygens (including phenoxy) is 1. The molecule has 2 heterocycles. The number of carbonyl (C=O) groups is 1. The van der Waals surface area contributed by atoms with Gasteiger partial charge in [-0.2, -0.15) is 10.4 Å². The van der Waals surface area contributed by atoms with Gasteiger partial charge in [-0.3, -0.25) is 9.89 Å². The van der Waals surface area contributed by atoms with Gasteiger partial charge < -0.3 is 20.1 Å². The summed E-state index contributed by atoms with van der Waals surface area (Å²) in [5, 5.41) is 30.0. The molecule has 1 aromatic heterocycles. The monoisotopic (exact) mass is 405 g/mol. The topological polar surface area (TPSA) is 114 Å². The van der Waals surface area contributed by atoms with E-state index < -0.39 is 0 Å². The summed E-state index contributed by atoms with van der Waals surface area (Å²) in [6, 6.07) is 11.1. The number of nitriles is 1. The van der Waals surface area contributed by atoms with Crippen molar-refractivity contribution in [2.24, 2.45) is 0 Å². The Hall–Kier alpha value is -3.73. The number of hydrogen-bond donors (Lipinski definition) is 3. The van der Waals surface area contributed by atoms with Gasteiger partial charge in [-0.15, -0.1) is 0 Å². The van der Waals surface area contributed by atoms with Crippen LogP contribution in [0.4, 0.5) is 5.82 Å². The zero-order valence-electron chi connectivity index (χ0n) is 16.7. The van der Waals surface area contributed by atoms with Gasteiger partial charge in [0.2, 0.25) is 0 Å². The van der Waals surface area contributed by atoms with Crippen molar-refractivity contribution in [3.8, 4) is 17.6 Å². The lowest BCUT2D eigenvalue weighted by atomic mass is 10.1. The van der Waals surface area contributed by atoms with E-state index in [0.29, 0.717) is 50.4 Å². The van der Waals surface area contributed by atoms with E-state index in [1.807, 2.05) is 25.1 Å². The van der Waals surface area contributed by atoms with E-state index in [4.69, 9.17) is 10.00 Å². The average Bonchev–Trinajstić information content (AvgIpc) is 3.34. The normalized spacial score (nSPS) is 12.6. The smallest absolute Gasteiger partial charge is 0.258 e. The number of phenolic OH excluding ortho intramolecular Hbond substituents is 1. The van der Waals surface area contributed by atoms with Crippen LogP contribution in [0.1, 0.15) is 41.3 Å². The molecule has 0 atom stereocenters. The number of rotatable bonds is 7. The molecule has 4 rings (SSSR count). The van der Waals surface area contributed by atoms with Crippen LogP contribution >= 0.6 is 0 Å². The van der Waals surface area contributed by atoms with Crippen molar-refractivity contribution in [1.82, 2.24) is 15.1 Å². The van der Waals surface area contributed by atoms with E-state index in [2.05, 4.69) is 21.6 Å². The predicted molar refractivity (Wildman–Crippen MR) is 112 cm³/mol. The van der Waals surface area contributed by atoms with Crippen LogP contribution in [-0.2, 0) is 13.1 Å². The summed E-state index contributed by atoms with van der Waals surface area (Å²) in [5.41, 5.74) is 3.01. The number of anilines is 1. The minimum Gasteiger partial charge on any atom is -0.507 e. The van der Waals surface area contributed by atoms with E-state index in [1.54, 1.807) is 11.0 Å². The minimum atomic E-state index is -0.231. The lowest BCUT2D eigenvalue weighted by Gasteiger charge is -2.16. The fourth-order valence-corrected chi connectivity index (χ4v) is 3.64. The van der Waals surface area contributed by atoms with Gasteiger partial charge in [0, 0.05) is 37.5 Å². The third-order valence-electron chi connectivity index (χ3n) is 5.14. The summed E-state index contributed by atoms with van der Waals surface area (Å²) < 4.78 is 5.70. The third kappa shape index (κ3) is 3.74. The Morgan fingerprint density at radius 1 is 1.33 bits per heavy atom. The maximum atomic E-state index is 13.2. The van der Waals surface area contributed by atoms with Gasteiger partial charge in [-0.1, -0.05) is 6.07 Å². The van der Waals surface area contributed by atoms with Gasteiger partial charge >= 0.3 is 0 Å². The number of aromatic nitrogens is 2. The number of H-pyrrole nitrogens is 1. The van der Waals surface area contributed by atoms with Crippen molar-refractivity contribution in [1.29, 1.82) is 5.26 Å². The molecule has 3 aromatic rings. The fourth-order valence-electron chi connectivity index (χ4n) is 3.64. The molecule has 8 heteroatoms. The van der Waals surface area contributed by atoms with Crippen molar-refractivity contribution >= 4 is 22.6 Å². The van der Waals surface area contributed by atoms with Crippen molar-refractivity contribution in [3.05, 3.63) is 47.0 Å². The summed E-state index contributed by atoms with van der Waals surface area (Å²) >= 11 is 0. The number of nitrogens with zero attached hydrogens (tertiary/aromatic N) is 3. The summed E-state index contributed by atoms with van der Waals surface area (Å²) in [4.78, 5) is 14.9. The first-order chi connectivity index (χ1) is 14.6. The van der Waals surface area contributed by atoms with E-state index in [1.165, 1.54) is 6.07 Å². The largest absolute Gasteiger partial charge is 0.507 e. The zero-order valence-corrected chi connectivity index (χ0v) is 16.7. The van der Waals surface area contributed by atoms with Gasteiger partial charge in [0.15, 0.2) is 5.82 Å². The van der Waals surface area contributed by atoms with E-state index in [-0.39, 0.29) is 17.2 Å². The molecular formula is C22H23N5O3. The SMILES string of the molecule is CCNc1n[nH]c2cc(O)c(C(=O)N3Cc4ccc(OCCCC#N)cc4C3)cc12. The van der Waals surface area contributed by atoms with Crippen molar-refractivity contribution in [3.63, 3.8) is 0 Å². The van der Waals surface area contributed by atoms with Crippen LogP contribution < -0.4 is 10.1 Å². The van der Waals surface area contributed by atoms with Gasteiger partial charge in [0.1, 0.15) is 11.5 Å². The molecule has 1 aliphatic rings. The van der Waals surface area contributed by atoms with Crippen LogP contribution in [0.25, 0.3) is 10.9 Å². The van der Waals surface area contributed by atoms with Crippen molar-refractivity contribution in [2.75, 3.05) is 18.5 Å². The van der Waals surface area contributed by atoms with Crippen LogP contribution in [0, 0.1) is 11.3 Å². The molecule has 0 radical (unpaired) electrons. The molecule has 0 saturated heterocycles. The lowest BCUT2D eigenvalue weighted by molar-refractivity contribution is 0.0748. The number of aromatic hydroxyl groups is 1. The highest BCUT2D eigenvalue weighted by atomic mass is 16.5. The Labute approximate surface area is 174 Å². The molecule has 1 aliphatic heterocycles. The second-order valence-electron chi connectivity index (χ2n) is 7.22. The molecule has 0 aliphatic carbocycles. The third-order valence-corrected chi connectivity index (χ3v) is 5.14. The summed E-state index contributed by atoms with van der Waals surface area (Å²) in [7, 11) is 0. The van der Waals surface area contributed by atoms with Gasteiger partial charge in [-0.05, 0) is 42.7 Å². The van der Waals surface area contributed by atoms with Crippen molar-refractivity contribution < 1.29 is 14.6 Å². The van der Waals surface area contributed by atoms with Gasteiger partial charge in [-0.25, -0.2) is 0 Å². The molecular weight excluding hydrogens is 382 g/mol. The number of amides is 1. The molecule has 1 amide bonds. The molecule has 2 aromatic carbocycles. The Kier molecular flexibility index (Phi) is 5.44. The van der Waals surface area contributed by atoms with E-state index in [9.17, 15) is 9.90 Å². The van der Waals surface area contributed by atoms with Crippen LogP contribution in [0.2, 0.25) is 0 Å². The van der Waals surface area contributed by atoms with Crippen LogP contribution in [0.5, 0.6) is 11.5 Å². The number of nitrogens with one attached hydrogen (secondary N) is 2. The van der Waals surface area contributed by atoms with E-state index >= 15 is 0 Å². The highest BCUT2D eigenvalue weighted by Crippen LogP contribution is 2.32. The first kappa shape index (κ1) is 19.6. The summed E-state index contributed by atoms with van der Waals surface area (Å²) in [5.74, 6) is 1.09. The van der Waals surface area contributed by atoms with Gasteiger partial charge in [0.25, 0.3) is 5.91 Å². The number of aromatic amines is 1. The molecule has 8 nitrogen and oxygen atoms in total. The Bertz CT molecular complexity index is 1130. The molecule has 154 valence electrons. The second-order valence-corrected chi connectivity index (χ2v) is 7.22. The molecule has 0 unspecified atom stereocenters. The maximum absolute atomic E-state index is 13.2. The van der Waals surface area contributed by atoms with Crippen LogP contribution in [0.15, 0.2) is 30.3 Å². The number of fused-ring (bicyclic) bond motifs is 2. The van der Waals surface area contributed by atoms with Crippen molar-refractivity contribution in [2.45, 2.75) is 32.9 Å². The number of benzene rings is 2. The van der Waals surface area contributed by atoms with Gasteiger partial charge in [0.05, 0.1) is 23.8 Å². The molecule has 3 N–H and O–H groups in total. The number of carbonyl (C=O) groups excluding carboxylic acids is 1. The number of unbranched alkanes of at least 4 members (excludes halogenated alkanes) is 1. The Balaban J connectivity index is 1.52. The average molecular weight is 405 g/mol. The first-order valence-electron chi connectivity index (χ1n) is 9.96. The second kappa shape index (κ2) is 8.33. The Morgan fingerprint density at radius 2 is 2.17 bits per heavy atom. The highest BCUT2D eigenvalue weighted by molar-refractivity contribution is 6.03. The molecule has 0 spiro atoms. The zero-order chi connectivity index (χ0) is 21.1. The number of phenols is 1. The summed E-state index contributed by atoms with van der Waals surface area (Å²) in [6.45, 7) is 4.09. The standard InChI is InChI=1S/C22H23N5O3/c1-2-24-21-17-10-18(20(28)11-19(17)25-26-21)22(29)27-12-14-5-6-16(9-15(14)13-27)30-8-4-3-7-23/h5-6,9-11,28H,2-4,8,12-13H2,1H3,(H2,24,25,26). The lowest BCUT2D eigenvalue weighted by Crippen LogP contribution is -2.25. The Morgan fingerprint density at radius 3 is 2.97 bits per heavy atom. The molecule has 0 saturated carbocycles. The minimum absolute atomic E-state index is 0.0725. The highest BCUT2D eigenvalue weighted by Gasteiger charge is 2.27. The first-order valence-corrected chi connectivity index (χ1v) is 9.96. The van der Waals surface area contributed by atoms with E-state index in [0.717, 1.165) is 22.3 Å².